The minimum absolute atomic E-state index is 0.0580. The Hall–Kier alpha value is -3.41. The van der Waals surface area contributed by atoms with Gasteiger partial charge in [0, 0.05) is 49.9 Å². The van der Waals surface area contributed by atoms with Gasteiger partial charge in [-0.05, 0) is 53.9 Å². The molecule has 31 heavy (non-hydrogen) atoms. The van der Waals surface area contributed by atoms with Gasteiger partial charge in [-0.1, -0.05) is 24.3 Å². The van der Waals surface area contributed by atoms with Gasteiger partial charge < -0.3 is 15.1 Å². The SMILES string of the molecule is O=C(NCc1cccnc1)[C@@H]1Cc2ccccc2N2CCN(c3ccc(F)cc3)C[C@H]12. The summed E-state index contributed by atoms with van der Waals surface area (Å²) in [5, 5.41) is 3.12. The molecule has 3 aromatic rings. The molecule has 3 heterocycles. The topological polar surface area (TPSA) is 48.5 Å². The number of para-hydroxylation sites is 1. The number of anilines is 2. The van der Waals surface area contributed by atoms with E-state index in [4.69, 9.17) is 0 Å². The third kappa shape index (κ3) is 3.98. The molecule has 2 aliphatic heterocycles. The highest BCUT2D eigenvalue weighted by Gasteiger charge is 2.41. The Bertz CT molecular complexity index is 1060. The summed E-state index contributed by atoms with van der Waals surface area (Å²) < 4.78 is 13.4. The monoisotopic (exact) mass is 416 g/mol. The number of pyridine rings is 1. The standard InChI is InChI=1S/C25H25FN4O/c26-20-7-9-21(10-8-20)29-12-13-30-23-6-2-1-5-19(23)14-22(24(30)17-29)25(31)28-16-18-4-3-11-27-15-18/h1-11,15,22,24H,12-14,16-17H2,(H,28,31)/t22-,24-/m1/s1. The van der Waals surface area contributed by atoms with Crippen LogP contribution in [0.2, 0.25) is 0 Å². The smallest absolute Gasteiger partial charge is 0.225 e. The van der Waals surface area contributed by atoms with Gasteiger partial charge in [-0.15, -0.1) is 0 Å². The maximum Gasteiger partial charge on any atom is 0.225 e. The van der Waals surface area contributed by atoms with Crippen LogP contribution in [0, 0.1) is 11.7 Å². The number of hydrogen-bond donors (Lipinski definition) is 1. The van der Waals surface area contributed by atoms with Gasteiger partial charge in [-0.25, -0.2) is 4.39 Å². The van der Waals surface area contributed by atoms with Gasteiger partial charge in [0.1, 0.15) is 5.82 Å². The van der Waals surface area contributed by atoms with Gasteiger partial charge >= 0.3 is 0 Å². The predicted molar refractivity (Wildman–Crippen MR) is 119 cm³/mol. The first-order valence-electron chi connectivity index (χ1n) is 10.7. The van der Waals surface area contributed by atoms with Gasteiger partial charge in [-0.2, -0.15) is 0 Å². The summed E-state index contributed by atoms with van der Waals surface area (Å²) in [6.45, 7) is 2.86. The molecule has 0 saturated carbocycles. The second-order valence-corrected chi connectivity index (χ2v) is 8.20. The molecule has 0 unspecified atom stereocenters. The van der Waals surface area contributed by atoms with Crippen molar-refractivity contribution in [2.24, 2.45) is 5.92 Å². The number of carbonyl (C=O) groups excluding carboxylic acids is 1. The summed E-state index contributed by atoms with van der Waals surface area (Å²) in [7, 11) is 0. The zero-order chi connectivity index (χ0) is 21.2. The number of nitrogens with one attached hydrogen (secondary N) is 1. The van der Waals surface area contributed by atoms with E-state index in [2.05, 4.69) is 38.3 Å². The number of aromatic nitrogens is 1. The second kappa shape index (κ2) is 8.38. The molecule has 6 heteroatoms. The first kappa shape index (κ1) is 19.5. The molecule has 0 bridgehead atoms. The number of halogens is 1. The molecule has 1 aromatic heterocycles. The van der Waals surface area contributed by atoms with E-state index in [1.807, 2.05) is 30.3 Å². The lowest BCUT2D eigenvalue weighted by Gasteiger charge is -2.49. The minimum Gasteiger partial charge on any atom is -0.368 e. The van der Waals surface area contributed by atoms with Crippen molar-refractivity contribution < 1.29 is 9.18 Å². The van der Waals surface area contributed by atoms with Crippen LogP contribution >= 0.6 is 0 Å². The zero-order valence-corrected chi connectivity index (χ0v) is 17.2. The summed E-state index contributed by atoms with van der Waals surface area (Å²) in [6, 6.07) is 18.9. The quantitative estimate of drug-likeness (QED) is 0.708. The third-order valence-corrected chi connectivity index (χ3v) is 6.34. The molecular weight excluding hydrogens is 391 g/mol. The molecule has 2 atom stereocenters. The van der Waals surface area contributed by atoms with Crippen LogP contribution in [-0.2, 0) is 17.8 Å². The van der Waals surface area contributed by atoms with E-state index in [-0.39, 0.29) is 23.7 Å². The van der Waals surface area contributed by atoms with Crippen molar-refractivity contribution in [3.05, 3.63) is 90.0 Å². The molecule has 0 aliphatic carbocycles. The van der Waals surface area contributed by atoms with Crippen molar-refractivity contribution in [1.82, 2.24) is 10.3 Å². The molecule has 2 aromatic carbocycles. The van der Waals surface area contributed by atoms with Gasteiger partial charge in [0.25, 0.3) is 0 Å². The normalized spacial score (nSPS) is 20.0. The molecule has 5 nitrogen and oxygen atoms in total. The average Bonchev–Trinajstić information content (AvgIpc) is 2.83. The summed E-state index contributed by atoms with van der Waals surface area (Å²) >= 11 is 0. The highest BCUT2D eigenvalue weighted by molar-refractivity contribution is 5.82. The molecule has 2 aliphatic rings. The zero-order valence-electron chi connectivity index (χ0n) is 17.2. The summed E-state index contributed by atoms with van der Waals surface area (Å²) in [4.78, 5) is 22.1. The lowest BCUT2D eigenvalue weighted by molar-refractivity contribution is -0.126. The van der Waals surface area contributed by atoms with Crippen LogP contribution in [0.4, 0.5) is 15.8 Å². The molecule has 1 saturated heterocycles. The Labute approximate surface area is 181 Å². The molecule has 1 amide bonds. The number of hydrogen-bond acceptors (Lipinski definition) is 4. The van der Waals surface area contributed by atoms with E-state index in [1.165, 1.54) is 23.4 Å². The van der Waals surface area contributed by atoms with Crippen molar-refractivity contribution in [3.8, 4) is 0 Å². The molecular formula is C25H25FN4O. The van der Waals surface area contributed by atoms with Gasteiger partial charge in [0.2, 0.25) is 5.91 Å². The summed E-state index contributed by atoms with van der Waals surface area (Å²) in [5.41, 5.74) is 4.42. The van der Waals surface area contributed by atoms with Crippen LogP contribution in [0.5, 0.6) is 0 Å². The Morgan fingerprint density at radius 3 is 2.71 bits per heavy atom. The number of carbonyl (C=O) groups is 1. The summed E-state index contributed by atoms with van der Waals surface area (Å²) in [5.74, 6) is -0.328. The Kier molecular flexibility index (Phi) is 5.28. The Balaban J connectivity index is 1.39. The number of amides is 1. The van der Waals surface area contributed by atoms with Crippen LogP contribution in [0.15, 0.2) is 73.1 Å². The second-order valence-electron chi connectivity index (χ2n) is 8.20. The van der Waals surface area contributed by atoms with Crippen molar-refractivity contribution in [3.63, 3.8) is 0 Å². The van der Waals surface area contributed by atoms with E-state index < -0.39 is 0 Å². The van der Waals surface area contributed by atoms with E-state index in [9.17, 15) is 9.18 Å². The fourth-order valence-electron chi connectivity index (χ4n) is 4.77. The lowest BCUT2D eigenvalue weighted by atomic mass is 9.83. The van der Waals surface area contributed by atoms with Gasteiger partial charge in [-0.3, -0.25) is 9.78 Å². The molecule has 0 spiro atoms. The van der Waals surface area contributed by atoms with Crippen LogP contribution in [0.3, 0.4) is 0 Å². The van der Waals surface area contributed by atoms with Crippen molar-refractivity contribution in [2.45, 2.75) is 19.0 Å². The first-order chi connectivity index (χ1) is 15.2. The van der Waals surface area contributed by atoms with Crippen molar-refractivity contribution in [1.29, 1.82) is 0 Å². The van der Waals surface area contributed by atoms with Gasteiger partial charge in [0.05, 0.1) is 12.0 Å². The number of nitrogens with zero attached hydrogens (tertiary/aromatic N) is 3. The summed E-state index contributed by atoms with van der Waals surface area (Å²) in [6.07, 6.45) is 4.22. The third-order valence-electron chi connectivity index (χ3n) is 6.34. The van der Waals surface area contributed by atoms with Crippen LogP contribution in [0.25, 0.3) is 0 Å². The van der Waals surface area contributed by atoms with Crippen LogP contribution < -0.4 is 15.1 Å². The largest absolute Gasteiger partial charge is 0.368 e. The fourth-order valence-corrected chi connectivity index (χ4v) is 4.77. The number of rotatable bonds is 4. The fraction of sp³-hybridized carbons (Fsp3) is 0.280. The van der Waals surface area contributed by atoms with E-state index >= 15 is 0 Å². The molecule has 1 fully saturated rings. The number of benzene rings is 2. The minimum atomic E-state index is -0.235. The molecule has 158 valence electrons. The van der Waals surface area contributed by atoms with E-state index in [0.717, 1.165) is 30.9 Å². The Morgan fingerprint density at radius 2 is 1.90 bits per heavy atom. The highest BCUT2D eigenvalue weighted by Crippen LogP contribution is 2.37. The maximum absolute atomic E-state index is 13.4. The maximum atomic E-state index is 13.4. The van der Waals surface area contributed by atoms with Crippen molar-refractivity contribution >= 4 is 17.3 Å². The van der Waals surface area contributed by atoms with E-state index in [1.54, 1.807) is 12.4 Å². The first-order valence-corrected chi connectivity index (χ1v) is 10.7. The lowest BCUT2D eigenvalue weighted by Crippen LogP contribution is -2.61. The molecule has 0 radical (unpaired) electrons. The molecule has 5 rings (SSSR count). The Morgan fingerprint density at radius 1 is 1.06 bits per heavy atom. The number of piperazine rings is 1. The van der Waals surface area contributed by atoms with E-state index in [0.29, 0.717) is 13.0 Å². The van der Waals surface area contributed by atoms with Gasteiger partial charge in [0.15, 0.2) is 0 Å². The van der Waals surface area contributed by atoms with Crippen molar-refractivity contribution in [2.75, 3.05) is 29.4 Å². The molecule has 1 N–H and O–H groups in total. The van der Waals surface area contributed by atoms with Crippen LogP contribution in [-0.4, -0.2) is 36.6 Å². The predicted octanol–water partition coefficient (Wildman–Crippen LogP) is 3.40. The highest BCUT2D eigenvalue weighted by atomic mass is 19.1. The van der Waals surface area contributed by atoms with Crippen LogP contribution in [0.1, 0.15) is 11.1 Å². The average molecular weight is 417 g/mol. The number of fused-ring (bicyclic) bond motifs is 3.